The van der Waals surface area contributed by atoms with Gasteiger partial charge < -0.3 is 15.2 Å². The number of para-hydroxylation sites is 1. The molecule has 1 atom stereocenters. The van der Waals surface area contributed by atoms with E-state index in [-0.39, 0.29) is 12.4 Å². The molecule has 0 radical (unpaired) electrons. The van der Waals surface area contributed by atoms with E-state index in [0.717, 1.165) is 13.0 Å². The van der Waals surface area contributed by atoms with Crippen molar-refractivity contribution in [2.45, 2.75) is 25.9 Å². The molecule has 0 aliphatic carbocycles. The van der Waals surface area contributed by atoms with Gasteiger partial charge in [0.25, 0.3) is 0 Å². The first-order chi connectivity index (χ1) is 8.05. The van der Waals surface area contributed by atoms with Gasteiger partial charge in [0.15, 0.2) is 11.6 Å². The Morgan fingerprint density at radius 1 is 1.41 bits per heavy atom. The van der Waals surface area contributed by atoms with Gasteiger partial charge in [-0.25, -0.2) is 4.39 Å². The summed E-state index contributed by atoms with van der Waals surface area (Å²) in [7, 11) is 0. The SMILES string of the molecule is CCCNCC(C)(O)COc1ccccc1F. The van der Waals surface area contributed by atoms with Gasteiger partial charge in [0.2, 0.25) is 0 Å². The van der Waals surface area contributed by atoms with Crippen LogP contribution in [-0.2, 0) is 0 Å². The highest BCUT2D eigenvalue weighted by atomic mass is 19.1. The van der Waals surface area contributed by atoms with Gasteiger partial charge >= 0.3 is 0 Å². The first-order valence-electron chi connectivity index (χ1n) is 5.85. The monoisotopic (exact) mass is 241 g/mol. The largest absolute Gasteiger partial charge is 0.487 e. The average molecular weight is 241 g/mol. The smallest absolute Gasteiger partial charge is 0.165 e. The van der Waals surface area contributed by atoms with Crippen molar-refractivity contribution in [1.82, 2.24) is 5.32 Å². The van der Waals surface area contributed by atoms with Crippen LogP contribution in [0.1, 0.15) is 20.3 Å². The molecule has 0 aromatic heterocycles. The van der Waals surface area contributed by atoms with Crippen molar-refractivity contribution < 1.29 is 14.2 Å². The zero-order valence-electron chi connectivity index (χ0n) is 10.4. The fourth-order valence-electron chi connectivity index (χ4n) is 1.38. The molecule has 1 unspecified atom stereocenters. The van der Waals surface area contributed by atoms with Crippen LogP contribution in [0.3, 0.4) is 0 Å². The van der Waals surface area contributed by atoms with Crippen LogP contribution >= 0.6 is 0 Å². The fourth-order valence-corrected chi connectivity index (χ4v) is 1.38. The minimum atomic E-state index is -1.00. The lowest BCUT2D eigenvalue weighted by molar-refractivity contribution is 0.0113. The van der Waals surface area contributed by atoms with Crippen molar-refractivity contribution in [3.63, 3.8) is 0 Å². The molecular formula is C13H20FNO2. The molecule has 0 saturated carbocycles. The van der Waals surface area contributed by atoms with Crippen molar-refractivity contribution in [3.05, 3.63) is 30.1 Å². The van der Waals surface area contributed by atoms with Gasteiger partial charge in [-0.15, -0.1) is 0 Å². The van der Waals surface area contributed by atoms with E-state index in [2.05, 4.69) is 12.2 Å². The van der Waals surface area contributed by atoms with E-state index >= 15 is 0 Å². The third-order valence-corrected chi connectivity index (χ3v) is 2.31. The molecule has 0 amide bonds. The Kier molecular flexibility index (Phi) is 5.38. The Labute approximate surface area is 102 Å². The molecule has 4 heteroatoms. The second-order valence-corrected chi connectivity index (χ2v) is 4.39. The molecule has 3 nitrogen and oxygen atoms in total. The first-order valence-corrected chi connectivity index (χ1v) is 5.85. The van der Waals surface area contributed by atoms with Gasteiger partial charge in [-0.05, 0) is 32.0 Å². The molecule has 1 aromatic rings. The number of ether oxygens (including phenoxy) is 1. The molecule has 0 saturated heterocycles. The summed E-state index contributed by atoms with van der Waals surface area (Å²) in [6.07, 6.45) is 1.00. The quantitative estimate of drug-likeness (QED) is 0.717. The van der Waals surface area contributed by atoms with Gasteiger partial charge in [0.05, 0.1) is 0 Å². The lowest BCUT2D eigenvalue weighted by Crippen LogP contribution is -2.43. The van der Waals surface area contributed by atoms with E-state index in [1.54, 1.807) is 25.1 Å². The van der Waals surface area contributed by atoms with E-state index in [0.29, 0.717) is 6.54 Å². The third-order valence-electron chi connectivity index (χ3n) is 2.31. The van der Waals surface area contributed by atoms with Crippen molar-refractivity contribution >= 4 is 0 Å². The van der Waals surface area contributed by atoms with Crippen LogP contribution in [0.25, 0.3) is 0 Å². The molecule has 0 bridgehead atoms. The molecule has 17 heavy (non-hydrogen) atoms. The normalized spacial score (nSPS) is 14.4. The number of nitrogens with one attached hydrogen (secondary N) is 1. The molecule has 0 fully saturated rings. The second-order valence-electron chi connectivity index (χ2n) is 4.39. The van der Waals surface area contributed by atoms with Crippen LogP contribution in [-0.4, -0.2) is 30.4 Å². The average Bonchev–Trinajstić information content (AvgIpc) is 2.28. The Morgan fingerprint density at radius 3 is 2.76 bits per heavy atom. The maximum atomic E-state index is 13.2. The van der Waals surface area contributed by atoms with E-state index in [9.17, 15) is 9.50 Å². The molecule has 0 aliphatic rings. The zero-order valence-corrected chi connectivity index (χ0v) is 10.4. The number of rotatable bonds is 7. The second kappa shape index (κ2) is 6.57. The lowest BCUT2D eigenvalue weighted by atomic mass is 10.1. The van der Waals surface area contributed by atoms with E-state index in [1.807, 2.05) is 0 Å². The Balaban J connectivity index is 2.41. The topological polar surface area (TPSA) is 41.5 Å². The number of aliphatic hydroxyl groups is 1. The first kappa shape index (κ1) is 13.9. The summed E-state index contributed by atoms with van der Waals surface area (Å²) < 4.78 is 18.5. The van der Waals surface area contributed by atoms with Crippen molar-refractivity contribution in [3.8, 4) is 5.75 Å². The summed E-state index contributed by atoms with van der Waals surface area (Å²) in [5.41, 5.74) is -1.00. The Morgan fingerprint density at radius 2 is 2.12 bits per heavy atom. The van der Waals surface area contributed by atoms with Gasteiger partial charge in [-0.1, -0.05) is 19.1 Å². The predicted octanol–water partition coefficient (Wildman–Crippen LogP) is 1.96. The summed E-state index contributed by atoms with van der Waals surface area (Å²) in [4.78, 5) is 0. The van der Waals surface area contributed by atoms with Crippen molar-refractivity contribution in [2.24, 2.45) is 0 Å². The highest BCUT2D eigenvalue weighted by molar-refractivity contribution is 5.23. The minimum Gasteiger partial charge on any atom is -0.487 e. The molecule has 0 spiro atoms. The summed E-state index contributed by atoms with van der Waals surface area (Å²) in [6.45, 7) is 5.05. The van der Waals surface area contributed by atoms with Gasteiger partial charge in [0.1, 0.15) is 12.2 Å². The molecule has 1 rings (SSSR count). The summed E-state index contributed by atoms with van der Waals surface area (Å²) in [5.74, 6) is -0.243. The summed E-state index contributed by atoms with van der Waals surface area (Å²) >= 11 is 0. The maximum absolute atomic E-state index is 13.2. The van der Waals surface area contributed by atoms with Crippen molar-refractivity contribution in [1.29, 1.82) is 0 Å². The van der Waals surface area contributed by atoms with Crippen LogP contribution in [0.15, 0.2) is 24.3 Å². The molecule has 1 aromatic carbocycles. The maximum Gasteiger partial charge on any atom is 0.165 e. The minimum absolute atomic E-state index is 0.0602. The van der Waals surface area contributed by atoms with E-state index < -0.39 is 11.4 Å². The fraction of sp³-hybridized carbons (Fsp3) is 0.538. The van der Waals surface area contributed by atoms with Gasteiger partial charge in [0, 0.05) is 6.54 Å². The Hall–Kier alpha value is -1.13. The molecule has 0 aliphatic heterocycles. The molecule has 96 valence electrons. The molecule has 0 heterocycles. The number of hydrogen-bond acceptors (Lipinski definition) is 3. The highest BCUT2D eigenvalue weighted by Crippen LogP contribution is 2.17. The van der Waals surface area contributed by atoms with Crippen LogP contribution in [0.4, 0.5) is 4.39 Å². The number of benzene rings is 1. The van der Waals surface area contributed by atoms with E-state index in [1.165, 1.54) is 6.07 Å². The lowest BCUT2D eigenvalue weighted by Gasteiger charge is -2.24. The van der Waals surface area contributed by atoms with Crippen molar-refractivity contribution in [2.75, 3.05) is 19.7 Å². The standard InChI is InChI=1S/C13H20FNO2/c1-3-8-15-9-13(2,16)10-17-12-7-5-4-6-11(12)14/h4-7,15-16H,3,8-10H2,1-2H3. The highest BCUT2D eigenvalue weighted by Gasteiger charge is 2.21. The van der Waals surface area contributed by atoms with Crippen LogP contribution in [0, 0.1) is 5.82 Å². The van der Waals surface area contributed by atoms with Crippen LogP contribution in [0.5, 0.6) is 5.75 Å². The summed E-state index contributed by atoms with van der Waals surface area (Å²) in [5, 5.41) is 13.1. The Bertz CT molecular complexity index is 342. The van der Waals surface area contributed by atoms with Gasteiger partial charge in [-0.2, -0.15) is 0 Å². The van der Waals surface area contributed by atoms with Crippen LogP contribution in [0.2, 0.25) is 0 Å². The summed E-state index contributed by atoms with van der Waals surface area (Å²) in [6, 6.07) is 6.18. The molecule has 2 N–H and O–H groups in total. The van der Waals surface area contributed by atoms with Gasteiger partial charge in [-0.3, -0.25) is 0 Å². The van der Waals surface area contributed by atoms with E-state index in [4.69, 9.17) is 4.74 Å². The zero-order chi connectivity index (χ0) is 12.7. The third kappa shape index (κ3) is 5.15. The predicted molar refractivity (Wildman–Crippen MR) is 65.7 cm³/mol. The number of hydrogen-bond donors (Lipinski definition) is 2. The van der Waals surface area contributed by atoms with Crippen LogP contribution < -0.4 is 10.1 Å². The number of halogens is 1. The molecular weight excluding hydrogens is 221 g/mol.